The van der Waals surface area contributed by atoms with Gasteiger partial charge in [-0.1, -0.05) is 43.5 Å². The maximum Gasteiger partial charge on any atom is 0.335 e. The molecule has 0 unspecified atom stereocenters. The van der Waals surface area contributed by atoms with Gasteiger partial charge in [-0.3, -0.25) is 9.69 Å². The largest absolute Gasteiger partial charge is 0.478 e. The molecule has 7 nitrogen and oxygen atoms in total. The van der Waals surface area contributed by atoms with Crippen LogP contribution in [0.15, 0.2) is 42.5 Å². The minimum absolute atomic E-state index is 0.143. The lowest BCUT2D eigenvalue weighted by Gasteiger charge is -2.29. The van der Waals surface area contributed by atoms with Crippen LogP contribution in [0.5, 0.6) is 0 Å². The smallest absolute Gasteiger partial charge is 0.335 e. The van der Waals surface area contributed by atoms with Gasteiger partial charge in [0.2, 0.25) is 5.91 Å². The summed E-state index contributed by atoms with van der Waals surface area (Å²) in [7, 11) is 0. The van der Waals surface area contributed by atoms with Crippen LogP contribution in [0.25, 0.3) is 22.2 Å². The zero-order valence-corrected chi connectivity index (χ0v) is 21.4. The van der Waals surface area contributed by atoms with Gasteiger partial charge < -0.3 is 19.9 Å². The predicted molar refractivity (Wildman–Crippen MR) is 146 cm³/mol. The minimum atomic E-state index is -0.877. The Morgan fingerprint density at radius 1 is 0.973 bits per heavy atom. The summed E-state index contributed by atoms with van der Waals surface area (Å²) in [5.74, 6) is -0.229. The average Bonchev–Trinajstić information content (AvgIpc) is 3.00. The average molecular weight is 501 g/mol. The van der Waals surface area contributed by atoms with Crippen LogP contribution in [0.3, 0.4) is 0 Å². The highest BCUT2D eigenvalue weighted by molar-refractivity contribution is 5.99. The van der Waals surface area contributed by atoms with E-state index in [0.717, 1.165) is 44.8 Å². The molecule has 3 aromatic rings. The molecule has 2 aromatic carbocycles. The Kier molecular flexibility index (Phi) is 6.63. The number of carbonyl (C=O) groups is 2. The molecule has 1 aromatic heterocycles. The number of hydrogen-bond acceptors (Lipinski definition) is 4. The summed E-state index contributed by atoms with van der Waals surface area (Å²) in [4.78, 5) is 28.5. The third kappa shape index (κ3) is 4.61. The number of fused-ring (bicyclic) bond motifs is 5. The molecule has 194 valence electrons. The first-order chi connectivity index (χ1) is 18.1. The number of hydrogen-bond donors (Lipinski definition) is 2. The number of para-hydroxylation sites is 1. The molecule has 2 N–H and O–H groups in total. The van der Waals surface area contributed by atoms with E-state index in [9.17, 15) is 14.7 Å². The molecule has 2 aliphatic heterocycles. The van der Waals surface area contributed by atoms with Crippen LogP contribution in [0.2, 0.25) is 0 Å². The first-order valence-electron chi connectivity index (χ1n) is 13.8. The molecule has 1 saturated carbocycles. The van der Waals surface area contributed by atoms with Crippen LogP contribution in [-0.4, -0.2) is 65.7 Å². The second kappa shape index (κ2) is 10.2. The van der Waals surface area contributed by atoms with E-state index < -0.39 is 5.97 Å². The summed E-state index contributed by atoms with van der Waals surface area (Å²) in [6.45, 7) is 5.89. The lowest BCUT2D eigenvalue weighted by atomic mass is 9.81. The monoisotopic (exact) mass is 500 g/mol. The molecule has 37 heavy (non-hydrogen) atoms. The highest BCUT2D eigenvalue weighted by atomic mass is 16.4. The van der Waals surface area contributed by atoms with Gasteiger partial charge >= 0.3 is 5.97 Å². The molecule has 7 heteroatoms. The molecule has 1 saturated heterocycles. The fraction of sp³-hybridized carbons (Fsp3) is 0.467. The third-order valence-corrected chi connectivity index (χ3v) is 8.55. The minimum Gasteiger partial charge on any atom is -0.478 e. The van der Waals surface area contributed by atoms with Crippen molar-refractivity contribution in [2.75, 3.05) is 44.2 Å². The standard InChI is InChI=1S/C30H36N4O3/c35-27-12-14-32(15-13-31-27)16-17-33-18-19-34-26-20-22(30(36)37)10-11-23(26)28(21-6-2-1-3-7-21)29(34)24-8-4-5-9-25(24)33/h4-5,8-11,20-21H,1-3,6-7,12-19H2,(H,31,35)(H,36,37). The predicted octanol–water partition coefficient (Wildman–Crippen LogP) is 4.70. The maximum absolute atomic E-state index is 11.9. The highest BCUT2D eigenvalue weighted by Crippen LogP contribution is 2.47. The van der Waals surface area contributed by atoms with Crippen molar-refractivity contribution in [1.29, 1.82) is 0 Å². The number of nitrogens with one attached hydrogen (secondary N) is 1. The lowest BCUT2D eigenvalue weighted by Crippen LogP contribution is -2.38. The molecule has 6 rings (SSSR count). The van der Waals surface area contributed by atoms with Gasteiger partial charge in [0.25, 0.3) is 0 Å². The van der Waals surface area contributed by atoms with Gasteiger partial charge in [0, 0.05) is 74.4 Å². The summed E-state index contributed by atoms with van der Waals surface area (Å²) >= 11 is 0. The summed E-state index contributed by atoms with van der Waals surface area (Å²) in [5, 5.41) is 13.9. The Balaban J connectivity index is 1.41. The van der Waals surface area contributed by atoms with Crippen molar-refractivity contribution in [3.8, 4) is 11.3 Å². The van der Waals surface area contributed by atoms with Gasteiger partial charge in [-0.2, -0.15) is 0 Å². The number of carbonyl (C=O) groups excluding carboxylic acids is 1. The first kappa shape index (κ1) is 24.0. The molecule has 1 aliphatic carbocycles. The van der Waals surface area contributed by atoms with Crippen molar-refractivity contribution >= 4 is 28.5 Å². The van der Waals surface area contributed by atoms with Crippen LogP contribution in [0, 0.1) is 0 Å². The number of nitrogens with zero attached hydrogens (tertiary/aromatic N) is 3. The first-order valence-corrected chi connectivity index (χ1v) is 13.8. The Bertz CT molecular complexity index is 1320. The number of aromatic nitrogens is 1. The van der Waals surface area contributed by atoms with Crippen LogP contribution >= 0.6 is 0 Å². The number of benzene rings is 2. The highest BCUT2D eigenvalue weighted by Gasteiger charge is 2.30. The molecule has 0 spiro atoms. The number of carboxylic acids is 1. The number of rotatable bonds is 5. The van der Waals surface area contributed by atoms with Crippen molar-refractivity contribution in [3.05, 3.63) is 53.6 Å². The van der Waals surface area contributed by atoms with E-state index in [2.05, 4.69) is 50.0 Å². The second-order valence-corrected chi connectivity index (χ2v) is 10.7. The Morgan fingerprint density at radius 2 is 1.81 bits per heavy atom. The summed E-state index contributed by atoms with van der Waals surface area (Å²) in [6.07, 6.45) is 6.76. The molecular weight excluding hydrogens is 464 g/mol. The van der Waals surface area contributed by atoms with E-state index in [1.165, 1.54) is 60.0 Å². The quantitative estimate of drug-likeness (QED) is 0.531. The fourth-order valence-electron chi connectivity index (χ4n) is 6.66. The molecular formula is C30H36N4O3. The van der Waals surface area contributed by atoms with Gasteiger partial charge in [0.15, 0.2) is 0 Å². The molecule has 0 atom stereocenters. The number of amides is 1. The van der Waals surface area contributed by atoms with Crippen molar-refractivity contribution in [3.63, 3.8) is 0 Å². The van der Waals surface area contributed by atoms with E-state index in [4.69, 9.17) is 0 Å². The van der Waals surface area contributed by atoms with Crippen molar-refractivity contribution in [1.82, 2.24) is 14.8 Å². The van der Waals surface area contributed by atoms with Crippen LogP contribution in [-0.2, 0) is 11.3 Å². The van der Waals surface area contributed by atoms with E-state index >= 15 is 0 Å². The zero-order chi connectivity index (χ0) is 25.4. The maximum atomic E-state index is 11.9. The second-order valence-electron chi connectivity index (χ2n) is 10.7. The van der Waals surface area contributed by atoms with Crippen LogP contribution in [0.1, 0.15) is 60.4 Å². The van der Waals surface area contributed by atoms with Crippen LogP contribution in [0.4, 0.5) is 5.69 Å². The Hall–Kier alpha value is -3.32. The number of carboxylic acid groups (broad SMARTS) is 1. The molecule has 3 heterocycles. The van der Waals surface area contributed by atoms with Gasteiger partial charge in [0.05, 0.1) is 11.3 Å². The van der Waals surface area contributed by atoms with Crippen LogP contribution < -0.4 is 10.2 Å². The molecule has 2 fully saturated rings. The SMILES string of the molecule is O=C1CCN(CCN2CCn3c(c(C4CCCCC4)c4ccc(C(=O)O)cc43)-c3ccccc32)CCN1. The van der Waals surface area contributed by atoms with E-state index in [-0.39, 0.29) is 5.91 Å². The Labute approximate surface area is 218 Å². The summed E-state index contributed by atoms with van der Waals surface area (Å²) in [5.41, 5.74) is 6.60. The lowest BCUT2D eigenvalue weighted by molar-refractivity contribution is -0.120. The molecule has 3 aliphatic rings. The third-order valence-electron chi connectivity index (χ3n) is 8.55. The van der Waals surface area contributed by atoms with E-state index in [0.29, 0.717) is 24.4 Å². The molecule has 1 amide bonds. The number of anilines is 1. The summed E-state index contributed by atoms with van der Waals surface area (Å²) in [6, 6.07) is 14.5. The Morgan fingerprint density at radius 3 is 2.65 bits per heavy atom. The van der Waals surface area contributed by atoms with E-state index in [1.807, 2.05) is 6.07 Å². The molecule has 0 bridgehead atoms. The zero-order valence-electron chi connectivity index (χ0n) is 21.4. The topological polar surface area (TPSA) is 77.8 Å². The van der Waals surface area contributed by atoms with Gasteiger partial charge in [0.1, 0.15) is 0 Å². The normalized spacial score (nSPS) is 19.1. The van der Waals surface area contributed by atoms with Gasteiger partial charge in [-0.05, 0) is 42.5 Å². The van der Waals surface area contributed by atoms with Crippen molar-refractivity contribution in [2.45, 2.75) is 51.0 Å². The van der Waals surface area contributed by atoms with Crippen molar-refractivity contribution in [2.24, 2.45) is 0 Å². The molecule has 0 radical (unpaired) electrons. The number of aromatic carboxylic acids is 1. The van der Waals surface area contributed by atoms with E-state index in [1.54, 1.807) is 6.07 Å². The fourth-order valence-corrected chi connectivity index (χ4v) is 6.66. The van der Waals surface area contributed by atoms with Crippen molar-refractivity contribution < 1.29 is 14.7 Å². The van der Waals surface area contributed by atoms with Gasteiger partial charge in [-0.15, -0.1) is 0 Å². The summed E-state index contributed by atoms with van der Waals surface area (Å²) < 4.78 is 2.40. The van der Waals surface area contributed by atoms with Gasteiger partial charge in [-0.25, -0.2) is 4.79 Å².